The Balaban J connectivity index is 1.26. The molecule has 176 valence electrons. The van der Waals surface area contributed by atoms with E-state index in [1.54, 1.807) is 22.1 Å². The largest absolute Gasteiger partial charge is 0.350 e. The van der Waals surface area contributed by atoms with E-state index in [1.807, 2.05) is 6.07 Å². The highest BCUT2D eigenvalue weighted by Gasteiger charge is 2.35. The Labute approximate surface area is 202 Å². The van der Waals surface area contributed by atoms with Gasteiger partial charge in [0.1, 0.15) is 9.90 Å². The van der Waals surface area contributed by atoms with Crippen LogP contribution in [0.4, 0.5) is 5.69 Å². The van der Waals surface area contributed by atoms with Gasteiger partial charge in [-0.3, -0.25) is 14.4 Å². The molecule has 0 aliphatic carbocycles. The maximum atomic E-state index is 13.2. The van der Waals surface area contributed by atoms with Crippen LogP contribution in [0.1, 0.15) is 23.6 Å². The van der Waals surface area contributed by atoms with Crippen LogP contribution in [0.25, 0.3) is 10.9 Å². The van der Waals surface area contributed by atoms with Crippen LogP contribution in [0.3, 0.4) is 0 Å². The first kappa shape index (κ1) is 21.6. The number of para-hydroxylation sites is 1. The number of aryl methyl sites for hydroxylation is 1. The Kier molecular flexibility index (Phi) is 5.16. The van der Waals surface area contributed by atoms with Gasteiger partial charge in [-0.2, -0.15) is 0 Å². The molecule has 1 saturated heterocycles. The van der Waals surface area contributed by atoms with Crippen LogP contribution < -0.4 is 10.3 Å². The normalized spacial score (nSPS) is 20.4. The number of aromatic nitrogens is 2. The standard InChI is InChI=1S/C25H26N4O3S2/c1-27-14-19(20-5-2-3-6-23(20)27)16-28-12-17-11-18(15-28)22-9-8-21(25(30)29(22)13-17)26-34(31,32)24-7-4-10-33-24/h2-10,14,17-18,26H,11-13,15-16H2,1H3/t17-,18+/m0/s1. The van der Waals surface area contributed by atoms with Crippen molar-refractivity contribution in [3.05, 3.63) is 81.7 Å². The van der Waals surface area contributed by atoms with E-state index in [2.05, 4.69) is 51.7 Å². The summed E-state index contributed by atoms with van der Waals surface area (Å²) in [7, 11) is -1.67. The van der Waals surface area contributed by atoms with Crippen LogP contribution in [-0.2, 0) is 30.2 Å². The van der Waals surface area contributed by atoms with Gasteiger partial charge in [-0.25, -0.2) is 8.42 Å². The molecule has 2 aliphatic rings. The van der Waals surface area contributed by atoms with Gasteiger partial charge in [-0.05, 0) is 47.5 Å². The van der Waals surface area contributed by atoms with Crippen molar-refractivity contribution in [3.8, 4) is 0 Å². The quantitative estimate of drug-likeness (QED) is 0.458. The number of thiophene rings is 1. The van der Waals surface area contributed by atoms with Crippen LogP contribution in [0.2, 0.25) is 0 Å². The van der Waals surface area contributed by atoms with Gasteiger partial charge in [-0.1, -0.05) is 24.3 Å². The molecule has 34 heavy (non-hydrogen) atoms. The molecule has 5 heterocycles. The number of rotatable bonds is 5. The zero-order valence-corrected chi connectivity index (χ0v) is 20.5. The lowest BCUT2D eigenvalue weighted by atomic mass is 9.83. The van der Waals surface area contributed by atoms with E-state index in [-0.39, 0.29) is 21.4 Å². The van der Waals surface area contributed by atoms with Crippen molar-refractivity contribution in [3.63, 3.8) is 0 Å². The molecule has 0 unspecified atom stereocenters. The molecule has 3 aromatic heterocycles. The van der Waals surface area contributed by atoms with Gasteiger partial charge >= 0.3 is 0 Å². The molecule has 0 radical (unpaired) electrons. The topological polar surface area (TPSA) is 76.3 Å². The maximum absolute atomic E-state index is 13.2. The summed E-state index contributed by atoms with van der Waals surface area (Å²) in [5.74, 6) is 0.626. The fraction of sp³-hybridized carbons (Fsp3) is 0.320. The van der Waals surface area contributed by atoms with Crippen molar-refractivity contribution in [1.82, 2.24) is 14.0 Å². The number of benzene rings is 1. The van der Waals surface area contributed by atoms with Crippen molar-refractivity contribution in [2.75, 3.05) is 17.8 Å². The van der Waals surface area contributed by atoms with Crippen LogP contribution in [0.15, 0.2) is 69.1 Å². The van der Waals surface area contributed by atoms with Crippen LogP contribution in [0.5, 0.6) is 0 Å². The molecule has 1 fully saturated rings. The Morgan fingerprint density at radius 1 is 1.06 bits per heavy atom. The summed E-state index contributed by atoms with van der Waals surface area (Å²) in [6.07, 6.45) is 3.28. The molecule has 2 atom stereocenters. The zero-order chi connectivity index (χ0) is 23.4. The molecule has 1 N–H and O–H groups in total. The monoisotopic (exact) mass is 494 g/mol. The first-order valence-corrected chi connectivity index (χ1v) is 13.8. The maximum Gasteiger partial charge on any atom is 0.275 e. The third-order valence-corrected chi connectivity index (χ3v) is 9.82. The molecule has 0 saturated carbocycles. The predicted octanol–water partition coefficient (Wildman–Crippen LogP) is 3.82. The van der Waals surface area contributed by atoms with E-state index >= 15 is 0 Å². The van der Waals surface area contributed by atoms with Crippen LogP contribution >= 0.6 is 11.3 Å². The summed E-state index contributed by atoms with van der Waals surface area (Å²) < 4.78 is 31.9. The van der Waals surface area contributed by atoms with E-state index in [0.717, 1.165) is 43.1 Å². The molecule has 2 bridgehead atoms. The number of hydrogen-bond donors (Lipinski definition) is 1. The SMILES string of the molecule is Cn1cc(CN2C[C@@H]3C[C@H](C2)c2ccc(NS(=O)(=O)c4cccs4)c(=O)n2C3)c2ccccc21. The van der Waals surface area contributed by atoms with Crippen molar-refractivity contribution in [2.45, 2.75) is 29.6 Å². The predicted molar refractivity (Wildman–Crippen MR) is 135 cm³/mol. The lowest BCUT2D eigenvalue weighted by Gasteiger charge is -2.43. The third-order valence-electron chi connectivity index (χ3n) is 7.06. The number of sulfonamides is 1. The molecular weight excluding hydrogens is 468 g/mol. The second kappa shape index (κ2) is 8.11. The minimum absolute atomic E-state index is 0.115. The van der Waals surface area contributed by atoms with Crippen molar-refractivity contribution < 1.29 is 8.42 Å². The molecule has 4 aromatic rings. The lowest BCUT2D eigenvalue weighted by molar-refractivity contribution is 0.115. The Hall–Kier alpha value is -2.88. The number of anilines is 1. The summed E-state index contributed by atoms with van der Waals surface area (Å²) in [6, 6.07) is 15.3. The molecule has 0 amide bonds. The number of hydrogen-bond acceptors (Lipinski definition) is 5. The minimum atomic E-state index is -3.75. The lowest BCUT2D eigenvalue weighted by Crippen LogP contribution is -2.47. The molecule has 1 aromatic carbocycles. The Morgan fingerprint density at radius 2 is 1.91 bits per heavy atom. The molecule has 0 spiro atoms. The third kappa shape index (κ3) is 3.68. The summed E-state index contributed by atoms with van der Waals surface area (Å²) in [5.41, 5.74) is 3.43. The van der Waals surface area contributed by atoms with E-state index < -0.39 is 10.0 Å². The highest BCUT2D eigenvalue weighted by atomic mass is 32.2. The van der Waals surface area contributed by atoms with Crippen molar-refractivity contribution >= 4 is 38.0 Å². The van der Waals surface area contributed by atoms with Gasteiger partial charge in [0.15, 0.2) is 0 Å². The summed E-state index contributed by atoms with van der Waals surface area (Å²) in [4.78, 5) is 15.7. The number of nitrogens with one attached hydrogen (secondary N) is 1. The summed E-state index contributed by atoms with van der Waals surface area (Å²) in [5, 5.41) is 3.00. The van der Waals surface area contributed by atoms with Crippen LogP contribution in [-0.4, -0.2) is 35.5 Å². The van der Waals surface area contributed by atoms with Gasteiger partial charge < -0.3 is 9.13 Å². The smallest absolute Gasteiger partial charge is 0.275 e. The number of pyridine rings is 1. The average Bonchev–Trinajstić information content (AvgIpc) is 3.46. The number of likely N-dealkylation sites (tertiary alicyclic amines) is 1. The van der Waals surface area contributed by atoms with Gasteiger partial charge in [0.05, 0.1) is 0 Å². The second-order valence-electron chi connectivity index (χ2n) is 9.40. The first-order chi connectivity index (χ1) is 16.4. The summed E-state index contributed by atoms with van der Waals surface area (Å²) >= 11 is 1.13. The van der Waals surface area contributed by atoms with E-state index in [9.17, 15) is 13.2 Å². The number of piperidine rings is 1. The van der Waals surface area contributed by atoms with Crippen molar-refractivity contribution in [2.24, 2.45) is 13.0 Å². The fourth-order valence-corrected chi connectivity index (χ4v) is 7.71. The summed E-state index contributed by atoms with van der Waals surface area (Å²) in [6.45, 7) is 3.32. The number of nitrogens with zero attached hydrogens (tertiary/aromatic N) is 3. The number of fused-ring (bicyclic) bond motifs is 5. The van der Waals surface area contributed by atoms with Gasteiger partial charge in [-0.15, -0.1) is 11.3 Å². The fourth-order valence-electron chi connectivity index (χ4n) is 5.66. The molecular formula is C25H26N4O3S2. The molecule has 2 aliphatic heterocycles. The minimum Gasteiger partial charge on any atom is -0.350 e. The highest BCUT2D eigenvalue weighted by Crippen LogP contribution is 2.36. The van der Waals surface area contributed by atoms with Crippen molar-refractivity contribution in [1.29, 1.82) is 0 Å². The van der Waals surface area contributed by atoms with Gasteiger partial charge in [0.2, 0.25) is 0 Å². The average molecular weight is 495 g/mol. The van der Waals surface area contributed by atoms with Gasteiger partial charge in [0, 0.05) is 61.9 Å². The van der Waals surface area contributed by atoms with E-state index in [1.165, 1.54) is 22.5 Å². The van der Waals surface area contributed by atoms with Gasteiger partial charge in [0.25, 0.3) is 15.6 Å². The van der Waals surface area contributed by atoms with E-state index in [0.29, 0.717) is 12.5 Å². The highest BCUT2D eigenvalue weighted by molar-refractivity contribution is 7.94. The second-order valence-corrected chi connectivity index (χ2v) is 12.3. The molecule has 6 rings (SSSR count). The molecule has 7 nitrogen and oxygen atoms in total. The van der Waals surface area contributed by atoms with Crippen LogP contribution in [0, 0.1) is 5.92 Å². The Bertz CT molecular complexity index is 1540. The first-order valence-electron chi connectivity index (χ1n) is 11.4. The zero-order valence-electron chi connectivity index (χ0n) is 18.8. The Morgan fingerprint density at radius 3 is 2.74 bits per heavy atom. The molecule has 9 heteroatoms. The van der Waals surface area contributed by atoms with E-state index in [4.69, 9.17) is 0 Å².